The first-order chi connectivity index (χ1) is 27.8. The van der Waals surface area contributed by atoms with Crippen LogP contribution < -0.4 is 0 Å². The average Bonchev–Trinajstić information content (AvgIpc) is 3.76. The molecule has 2 aliphatic carbocycles. The molecule has 0 bridgehead atoms. The van der Waals surface area contributed by atoms with E-state index in [-0.39, 0.29) is 0 Å². The number of nitrogens with zero attached hydrogens (tertiary/aromatic N) is 2. The highest BCUT2D eigenvalue weighted by molar-refractivity contribution is 6.06. The minimum Gasteiger partial charge on any atom is -0.456 e. The second kappa shape index (κ2) is 11.8. The third kappa shape index (κ3) is 4.34. The second-order valence-corrected chi connectivity index (χ2v) is 14.8. The van der Waals surface area contributed by atoms with E-state index in [2.05, 4.69) is 164 Å². The minimum absolute atomic E-state index is 0.522. The Morgan fingerprint density at radius 1 is 0.321 bits per heavy atom. The smallest absolute Gasteiger partial charge is 0.160 e. The zero-order valence-electron chi connectivity index (χ0n) is 30.3. The van der Waals surface area contributed by atoms with Crippen LogP contribution in [0, 0.1) is 0 Å². The first-order valence-corrected chi connectivity index (χ1v) is 19.2. The van der Waals surface area contributed by atoms with Crippen molar-refractivity contribution in [1.29, 1.82) is 0 Å². The van der Waals surface area contributed by atoms with Gasteiger partial charge in [0.05, 0.1) is 16.8 Å². The number of aromatic nitrogens is 2. The summed E-state index contributed by atoms with van der Waals surface area (Å²) in [6, 6.07) is 69.9. The Morgan fingerprint density at radius 3 is 1.46 bits per heavy atom. The zero-order valence-corrected chi connectivity index (χ0v) is 30.3. The van der Waals surface area contributed by atoms with E-state index in [0.717, 1.165) is 50.0 Å². The van der Waals surface area contributed by atoms with E-state index in [1.54, 1.807) is 0 Å². The first-order valence-electron chi connectivity index (χ1n) is 19.2. The fourth-order valence-corrected chi connectivity index (χ4v) is 9.56. The van der Waals surface area contributed by atoms with Gasteiger partial charge in [-0.2, -0.15) is 0 Å². The van der Waals surface area contributed by atoms with Crippen LogP contribution in [0.3, 0.4) is 0 Å². The molecule has 12 rings (SSSR count). The maximum atomic E-state index is 6.19. The topological polar surface area (TPSA) is 38.9 Å². The van der Waals surface area contributed by atoms with Crippen LogP contribution in [0.25, 0.3) is 89.2 Å². The van der Waals surface area contributed by atoms with Crippen molar-refractivity contribution >= 4 is 21.9 Å². The van der Waals surface area contributed by atoms with E-state index in [0.29, 0.717) is 5.82 Å². The van der Waals surface area contributed by atoms with Gasteiger partial charge in [0.15, 0.2) is 5.82 Å². The number of furan rings is 1. The van der Waals surface area contributed by atoms with Gasteiger partial charge < -0.3 is 4.42 Å². The number of rotatable bonds is 3. The fourth-order valence-electron chi connectivity index (χ4n) is 9.56. The molecule has 8 aromatic carbocycles. The van der Waals surface area contributed by atoms with Crippen LogP contribution in [0.1, 0.15) is 22.3 Å². The molecule has 0 unspecified atom stereocenters. The summed E-state index contributed by atoms with van der Waals surface area (Å²) in [6.45, 7) is 0. The molecule has 3 heteroatoms. The van der Waals surface area contributed by atoms with Gasteiger partial charge in [0.1, 0.15) is 11.2 Å². The Balaban J connectivity index is 1.10. The molecule has 56 heavy (non-hydrogen) atoms. The summed E-state index contributed by atoms with van der Waals surface area (Å²) < 4.78 is 6.19. The number of hydrogen-bond acceptors (Lipinski definition) is 3. The molecule has 2 aliphatic rings. The maximum absolute atomic E-state index is 6.19. The van der Waals surface area contributed by atoms with E-state index in [4.69, 9.17) is 14.4 Å². The van der Waals surface area contributed by atoms with E-state index in [9.17, 15) is 0 Å². The lowest BCUT2D eigenvalue weighted by Gasteiger charge is -2.35. The molecular formula is C53H32N2O. The van der Waals surface area contributed by atoms with Gasteiger partial charge in [-0.15, -0.1) is 0 Å². The number of benzene rings is 8. The zero-order chi connectivity index (χ0) is 36.8. The van der Waals surface area contributed by atoms with Crippen LogP contribution in [0.5, 0.6) is 0 Å². The summed E-state index contributed by atoms with van der Waals surface area (Å²) in [4.78, 5) is 10.5. The van der Waals surface area contributed by atoms with Crippen molar-refractivity contribution in [3.63, 3.8) is 0 Å². The maximum Gasteiger partial charge on any atom is 0.160 e. The van der Waals surface area contributed by atoms with Gasteiger partial charge in [-0.1, -0.05) is 158 Å². The van der Waals surface area contributed by atoms with Crippen molar-refractivity contribution in [2.45, 2.75) is 5.41 Å². The molecule has 0 atom stereocenters. The van der Waals surface area contributed by atoms with Crippen LogP contribution in [-0.2, 0) is 5.41 Å². The molecule has 260 valence electrons. The number of hydrogen-bond donors (Lipinski definition) is 0. The number of fused-ring (bicyclic) bond motifs is 15. The lowest BCUT2D eigenvalue weighted by molar-refractivity contribution is 0.669. The van der Waals surface area contributed by atoms with Gasteiger partial charge in [-0.05, 0) is 92.0 Å². The van der Waals surface area contributed by atoms with Crippen LogP contribution in [-0.4, -0.2) is 9.97 Å². The van der Waals surface area contributed by atoms with Crippen LogP contribution in [0.2, 0.25) is 0 Å². The van der Waals surface area contributed by atoms with Crippen LogP contribution >= 0.6 is 0 Å². The first kappa shape index (κ1) is 31.0. The molecule has 0 saturated carbocycles. The fraction of sp³-hybridized carbons (Fsp3) is 0.0189. The average molecular weight is 713 g/mol. The largest absolute Gasteiger partial charge is 0.456 e. The highest BCUT2D eigenvalue weighted by Gasteiger charge is 2.49. The van der Waals surface area contributed by atoms with Crippen molar-refractivity contribution in [1.82, 2.24) is 9.97 Å². The van der Waals surface area contributed by atoms with Crippen molar-refractivity contribution in [2.75, 3.05) is 0 Å². The summed E-state index contributed by atoms with van der Waals surface area (Å²) in [5, 5.41) is 2.17. The van der Waals surface area contributed by atoms with Crippen LogP contribution in [0.4, 0.5) is 0 Å². The van der Waals surface area contributed by atoms with Crippen LogP contribution in [0.15, 0.2) is 199 Å². The molecule has 0 N–H and O–H groups in total. The van der Waals surface area contributed by atoms with Gasteiger partial charge in [0, 0.05) is 27.5 Å². The van der Waals surface area contributed by atoms with E-state index in [1.165, 1.54) is 55.6 Å². The Kier molecular flexibility index (Phi) is 6.55. The molecule has 0 aliphatic heterocycles. The molecule has 2 aromatic heterocycles. The van der Waals surface area contributed by atoms with E-state index < -0.39 is 5.41 Å². The summed E-state index contributed by atoms with van der Waals surface area (Å²) in [7, 11) is 0. The molecule has 10 aromatic rings. The van der Waals surface area contributed by atoms with E-state index in [1.807, 2.05) is 30.3 Å². The molecule has 0 radical (unpaired) electrons. The van der Waals surface area contributed by atoms with Crippen molar-refractivity contribution in [3.05, 3.63) is 216 Å². The second-order valence-electron chi connectivity index (χ2n) is 14.8. The molecule has 1 spiro atoms. The van der Waals surface area contributed by atoms with Gasteiger partial charge in [-0.3, -0.25) is 0 Å². The van der Waals surface area contributed by atoms with Gasteiger partial charge in [-0.25, -0.2) is 9.97 Å². The van der Waals surface area contributed by atoms with Crippen molar-refractivity contribution < 1.29 is 4.42 Å². The van der Waals surface area contributed by atoms with Crippen molar-refractivity contribution in [3.8, 4) is 67.3 Å². The van der Waals surface area contributed by atoms with E-state index >= 15 is 0 Å². The highest BCUT2D eigenvalue weighted by Crippen LogP contribution is 2.61. The lowest BCUT2D eigenvalue weighted by Crippen LogP contribution is -2.29. The summed E-state index contributed by atoms with van der Waals surface area (Å²) >= 11 is 0. The summed E-state index contributed by atoms with van der Waals surface area (Å²) in [5.74, 6) is 0.692. The SMILES string of the molecule is c1ccc(-c2nc(-c3ccc4c(c3)-c3ccccc3C43c4ccccc4-c4ccccc4-c4ccccc43)cc(-c3ccc4oc5ccccc5c4c3)n2)cc1. The quantitative estimate of drug-likeness (QED) is 0.183. The van der Waals surface area contributed by atoms with Gasteiger partial charge >= 0.3 is 0 Å². The summed E-state index contributed by atoms with van der Waals surface area (Å²) in [6.07, 6.45) is 0. The molecule has 2 heterocycles. The lowest BCUT2D eigenvalue weighted by atomic mass is 9.66. The predicted molar refractivity (Wildman–Crippen MR) is 227 cm³/mol. The Hall–Kier alpha value is -7.36. The van der Waals surface area contributed by atoms with Gasteiger partial charge in [0.2, 0.25) is 0 Å². The predicted octanol–water partition coefficient (Wildman–Crippen LogP) is 13.4. The van der Waals surface area contributed by atoms with Gasteiger partial charge in [0.25, 0.3) is 0 Å². The Bertz CT molecular complexity index is 3140. The standard InChI is InChI=1S/C53H32N2O/c1-2-14-33(15-3-1)52-54-48(32-49(55-52)35-27-29-51-43(31-35)41-21-9-13-25-50(41)56-51)34-26-28-47-42(30-34)40-20-8-12-24-46(40)53(47)44-22-10-6-18-38(44)36-16-4-5-17-37(36)39-19-7-11-23-45(39)53/h1-32H. The normalized spacial score (nSPS) is 13.1. The minimum atomic E-state index is -0.522. The monoisotopic (exact) mass is 712 g/mol. The molecular weight excluding hydrogens is 681 g/mol. The van der Waals surface area contributed by atoms with Crippen molar-refractivity contribution in [2.24, 2.45) is 0 Å². The molecule has 0 amide bonds. The number of para-hydroxylation sites is 1. The Labute approximate surface area is 324 Å². The third-order valence-electron chi connectivity index (χ3n) is 11.9. The summed E-state index contributed by atoms with van der Waals surface area (Å²) in [5.41, 5.74) is 18.7. The molecule has 0 saturated heterocycles. The highest BCUT2D eigenvalue weighted by atomic mass is 16.3. The molecule has 0 fully saturated rings. The Morgan fingerprint density at radius 2 is 0.804 bits per heavy atom. The third-order valence-corrected chi connectivity index (χ3v) is 11.9. The molecule has 3 nitrogen and oxygen atoms in total.